The second-order valence-corrected chi connectivity index (χ2v) is 4.22. The molecule has 0 amide bonds. The quantitative estimate of drug-likeness (QED) is 0.751. The third-order valence-electron chi connectivity index (χ3n) is 3.15. The molecule has 0 fully saturated rings. The van der Waals surface area contributed by atoms with Gasteiger partial charge in [-0.15, -0.1) is 0 Å². The fraction of sp³-hybridized carbons (Fsp3) is 0.571. The van der Waals surface area contributed by atoms with Gasteiger partial charge in [-0.3, -0.25) is 0 Å². The number of nitrogens with two attached hydrogens (primary N) is 1. The van der Waals surface area contributed by atoms with Gasteiger partial charge in [0.2, 0.25) is 0 Å². The molecule has 0 radical (unpaired) electrons. The van der Waals surface area contributed by atoms with Crippen LogP contribution < -0.4 is 25.3 Å². The Morgan fingerprint density at radius 1 is 1.11 bits per heavy atom. The van der Waals surface area contributed by atoms with E-state index in [9.17, 15) is 0 Å². The molecule has 1 rings (SSSR count). The van der Waals surface area contributed by atoms with Crippen LogP contribution >= 0.6 is 0 Å². The first-order valence-electron chi connectivity index (χ1n) is 6.39. The summed E-state index contributed by atoms with van der Waals surface area (Å²) in [6.07, 6.45) is 1.86. The van der Waals surface area contributed by atoms with Gasteiger partial charge in [0, 0.05) is 18.2 Å². The second-order valence-electron chi connectivity index (χ2n) is 4.22. The zero-order chi connectivity index (χ0) is 14.3. The first kappa shape index (κ1) is 15.6. The van der Waals surface area contributed by atoms with Crippen molar-refractivity contribution >= 4 is 0 Å². The SMILES string of the molecule is CNC(CCCN)c1c(OC)cc(OC)cc1OC. The average molecular weight is 268 g/mol. The smallest absolute Gasteiger partial charge is 0.131 e. The van der Waals surface area contributed by atoms with E-state index in [1.54, 1.807) is 21.3 Å². The van der Waals surface area contributed by atoms with Crippen LogP contribution in [-0.4, -0.2) is 34.9 Å². The molecule has 1 atom stereocenters. The maximum absolute atomic E-state index is 5.59. The molecule has 0 saturated heterocycles. The van der Waals surface area contributed by atoms with E-state index in [2.05, 4.69) is 5.32 Å². The summed E-state index contributed by atoms with van der Waals surface area (Å²) in [5, 5.41) is 3.28. The van der Waals surface area contributed by atoms with Crippen LogP contribution in [0.25, 0.3) is 0 Å². The number of rotatable bonds is 8. The highest BCUT2D eigenvalue weighted by molar-refractivity contribution is 5.52. The summed E-state index contributed by atoms with van der Waals surface area (Å²) in [7, 11) is 6.84. The molecule has 5 heteroatoms. The highest BCUT2D eigenvalue weighted by Gasteiger charge is 2.20. The lowest BCUT2D eigenvalue weighted by molar-refractivity contribution is 0.356. The number of ether oxygens (including phenoxy) is 3. The minimum atomic E-state index is 0.138. The van der Waals surface area contributed by atoms with E-state index in [1.165, 1.54) is 0 Å². The molecule has 1 aromatic carbocycles. The molecule has 108 valence electrons. The van der Waals surface area contributed by atoms with Gasteiger partial charge in [0.15, 0.2) is 0 Å². The molecule has 0 aliphatic carbocycles. The predicted octanol–water partition coefficient (Wildman–Crippen LogP) is 1.71. The molecule has 1 aromatic rings. The molecule has 0 aliphatic rings. The van der Waals surface area contributed by atoms with E-state index in [-0.39, 0.29) is 6.04 Å². The molecule has 0 aromatic heterocycles. The van der Waals surface area contributed by atoms with Crippen molar-refractivity contribution in [2.75, 3.05) is 34.9 Å². The Morgan fingerprint density at radius 3 is 2.05 bits per heavy atom. The third-order valence-corrected chi connectivity index (χ3v) is 3.15. The van der Waals surface area contributed by atoms with Crippen LogP contribution in [0, 0.1) is 0 Å². The van der Waals surface area contributed by atoms with Crippen LogP contribution in [0.5, 0.6) is 17.2 Å². The van der Waals surface area contributed by atoms with Crippen molar-refractivity contribution < 1.29 is 14.2 Å². The average Bonchev–Trinajstić information content (AvgIpc) is 2.47. The Balaban J connectivity index is 3.20. The van der Waals surface area contributed by atoms with E-state index in [1.807, 2.05) is 19.2 Å². The number of methoxy groups -OCH3 is 3. The standard InChI is InChI=1S/C14H24N2O3/c1-16-11(6-5-7-15)14-12(18-3)8-10(17-2)9-13(14)19-4/h8-9,11,16H,5-7,15H2,1-4H3. The summed E-state index contributed by atoms with van der Waals surface area (Å²) in [5.41, 5.74) is 6.59. The van der Waals surface area contributed by atoms with E-state index < -0.39 is 0 Å². The zero-order valence-corrected chi connectivity index (χ0v) is 12.2. The van der Waals surface area contributed by atoms with Crippen LogP contribution in [0.15, 0.2) is 12.1 Å². The van der Waals surface area contributed by atoms with Gasteiger partial charge < -0.3 is 25.3 Å². The van der Waals surface area contributed by atoms with Crippen molar-refractivity contribution in [3.05, 3.63) is 17.7 Å². The number of benzene rings is 1. The number of nitrogens with one attached hydrogen (secondary N) is 1. The van der Waals surface area contributed by atoms with Crippen molar-refractivity contribution in [3.63, 3.8) is 0 Å². The third kappa shape index (κ3) is 3.75. The van der Waals surface area contributed by atoms with E-state index in [0.29, 0.717) is 12.3 Å². The predicted molar refractivity (Wildman–Crippen MR) is 76.2 cm³/mol. The summed E-state index contributed by atoms with van der Waals surface area (Å²) in [6.45, 7) is 0.666. The summed E-state index contributed by atoms with van der Waals surface area (Å²) < 4.78 is 16.2. The highest BCUT2D eigenvalue weighted by atomic mass is 16.5. The maximum Gasteiger partial charge on any atom is 0.131 e. The molecule has 19 heavy (non-hydrogen) atoms. The minimum absolute atomic E-state index is 0.138. The number of hydrogen-bond acceptors (Lipinski definition) is 5. The Morgan fingerprint density at radius 2 is 1.68 bits per heavy atom. The van der Waals surface area contributed by atoms with Gasteiger partial charge in [-0.1, -0.05) is 0 Å². The number of hydrogen-bond donors (Lipinski definition) is 2. The zero-order valence-electron chi connectivity index (χ0n) is 12.2. The van der Waals surface area contributed by atoms with Crippen LogP contribution in [0.2, 0.25) is 0 Å². The normalized spacial score (nSPS) is 12.1. The lowest BCUT2D eigenvalue weighted by atomic mass is 9.99. The van der Waals surface area contributed by atoms with Crippen molar-refractivity contribution in [1.29, 1.82) is 0 Å². The molecule has 0 aliphatic heterocycles. The molecular weight excluding hydrogens is 244 g/mol. The molecule has 5 nitrogen and oxygen atoms in total. The summed E-state index contributed by atoms with van der Waals surface area (Å²) >= 11 is 0. The molecule has 0 heterocycles. The lowest BCUT2D eigenvalue weighted by Crippen LogP contribution is -2.19. The largest absolute Gasteiger partial charge is 0.496 e. The van der Waals surface area contributed by atoms with Gasteiger partial charge >= 0.3 is 0 Å². The van der Waals surface area contributed by atoms with Crippen molar-refractivity contribution in [2.45, 2.75) is 18.9 Å². The van der Waals surface area contributed by atoms with Gasteiger partial charge in [-0.05, 0) is 26.4 Å². The van der Waals surface area contributed by atoms with Gasteiger partial charge in [0.05, 0.1) is 26.9 Å². The molecule has 1 unspecified atom stereocenters. The summed E-state index contributed by atoms with van der Waals surface area (Å²) in [6, 6.07) is 3.87. The first-order valence-corrected chi connectivity index (χ1v) is 6.39. The van der Waals surface area contributed by atoms with Crippen molar-refractivity contribution in [1.82, 2.24) is 5.32 Å². The lowest BCUT2D eigenvalue weighted by Gasteiger charge is -2.22. The Hall–Kier alpha value is -1.46. The molecule has 0 saturated carbocycles. The van der Waals surface area contributed by atoms with Gasteiger partial charge in [0.25, 0.3) is 0 Å². The van der Waals surface area contributed by atoms with E-state index in [4.69, 9.17) is 19.9 Å². The monoisotopic (exact) mass is 268 g/mol. The Bertz CT molecular complexity index is 371. The fourth-order valence-electron chi connectivity index (χ4n) is 2.13. The van der Waals surface area contributed by atoms with Crippen LogP contribution in [0.1, 0.15) is 24.4 Å². The van der Waals surface area contributed by atoms with Gasteiger partial charge in [-0.25, -0.2) is 0 Å². The van der Waals surface area contributed by atoms with Crippen LogP contribution in [0.4, 0.5) is 0 Å². The highest BCUT2D eigenvalue weighted by Crippen LogP contribution is 2.39. The first-order chi connectivity index (χ1) is 9.21. The van der Waals surface area contributed by atoms with Crippen LogP contribution in [0.3, 0.4) is 0 Å². The molecule has 0 spiro atoms. The fourth-order valence-corrected chi connectivity index (χ4v) is 2.13. The second kappa shape index (κ2) is 7.86. The van der Waals surface area contributed by atoms with E-state index >= 15 is 0 Å². The van der Waals surface area contributed by atoms with Crippen LogP contribution in [-0.2, 0) is 0 Å². The van der Waals surface area contributed by atoms with Crippen molar-refractivity contribution in [2.24, 2.45) is 5.73 Å². The van der Waals surface area contributed by atoms with E-state index in [0.717, 1.165) is 29.9 Å². The summed E-state index contributed by atoms with van der Waals surface area (Å²) in [4.78, 5) is 0. The Kier molecular flexibility index (Phi) is 6.45. The van der Waals surface area contributed by atoms with Crippen molar-refractivity contribution in [3.8, 4) is 17.2 Å². The maximum atomic E-state index is 5.59. The Labute approximate surface area is 115 Å². The van der Waals surface area contributed by atoms with Gasteiger partial charge in [-0.2, -0.15) is 0 Å². The summed E-state index contributed by atoms with van der Waals surface area (Å²) in [5.74, 6) is 2.23. The van der Waals surface area contributed by atoms with Gasteiger partial charge in [0.1, 0.15) is 17.2 Å². The molecular formula is C14H24N2O3. The topological polar surface area (TPSA) is 65.7 Å². The minimum Gasteiger partial charge on any atom is -0.496 e. The molecule has 3 N–H and O–H groups in total. The molecule has 0 bridgehead atoms.